The van der Waals surface area contributed by atoms with Gasteiger partial charge in [-0.3, -0.25) is 0 Å². The average molecular weight is 449 g/mol. The maximum atomic E-state index is 13.1. The molecule has 0 amide bonds. The first kappa shape index (κ1) is 19.1. The third-order valence-electron chi connectivity index (χ3n) is 5.73. The molecule has 2 aliphatic heterocycles. The highest BCUT2D eigenvalue weighted by Crippen LogP contribution is 2.33. The van der Waals surface area contributed by atoms with Crippen LogP contribution < -0.4 is 5.32 Å². The molecule has 1 N–H and O–H groups in total. The number of benzene rings is 2. The van der Waals surface area contributed by atoms with Gasteiger partial charge < -0.3 is 5.32 Å². The van der Waals surface area contributed by atoms with Gasteiger partial charge in [-0.25, -0.2) is 8.42 Å². The molecule has 6 heteroatoms. The van der Waals surface area contributed by atoms with Crippen LogP contribution in [0.4, 0.5) is 0 Å². The molecular weight excluding hydrogens is 424 g/mol. The maximum absolute atomic E-state index is 13.1. The summed E-state index contributed by atoms with van der Waals surface area (Å²) < 4.78 is 28.8. The van der Waals surface area contributed by atoms with Crippen molar-refractivity contribution in [2.24, 2.45) is 0 Å². The van der Waals surface area contributed by atoms with Crippen LogP contribution in [0.2, 0.25) is 0 Å². The van der Waals surface area contributed by atoms with Gasteiger partial charge in [-0.1, -0.05) is 46.3 Å². The number of sulfonamides is 1. The molecule has 0 aliphatic carbocycles. The fourth-order valence-electron chi connectivity index (χ4n) is 4.39. The number of fused-ring (bicyclic) bond motifs is 1. The van der Waals surface area contributed by atoms with Crippen molar-refractivity contribution in [3.63, 3.8) is 0 Å². The van der Waals surface area contributed by atoms with E-state index in [1.54, 1.807) is 22.5 Å². The molecule has 0 bridgehead atoms. The zero-order valence-electron chi connectivity index (χ0n) is 15.3. The SMILES string of the molecule is O=S(=O)(c1cccc(Br)c1)N1CCCC1CCC1NCCc2ccccc21. The van der Waals surface area contributed by atoms with E-state index in [0.29, 0.717) is 17.5 Å². The summed E-state index contributed by atoms with van der Waals surface area (Å²) in [5.41, 5.74) is 2.80. The lowest BCUT2D eigenvalue weighted by atomic mass is 9.90. The van der Waals surface area contributed by atoms with Gasteiger partial charge in [0.1, 0.15) is 0 Å². The van der Waals surface area contributed by atoms with Crippen LogP contribution in [0.25, 0.3) is 0 Å². The summed E-state index contributed by atoms with van der Waals surface area (Å²) >= 11 is 3.39. The van der Waals surface area contributed by atoms with Crippen molar-refractivity contribution in [3.05, 3.63) is 64.1 Å². The van der Waals surface area contributed by atoms with E-state index in [-0.39, 0.29) is 6.04 Å². The Morgan fingerprint density at radius 3 is 2.81 bits per heavy atom. The molecule has 0 aromatic heterocycles. The van der Waals surface area contributed by atoms with Gasteiger partial charge in [0.05, 0.1) is 4.90 Å². The monoisotopic (exact) mass is 448 g/mol. The number of rotatable bonds is 5. The van der Waals surface area contributed by atoms with Crippen molar-refractivity contribution in [2.75, 3.05) is 13.1 Å². The Kier molecular flexibility index (Phi) is 5.69. The second-order valence-electron chi connectivity index (χ2n) is 7.40. The van der Waals surface area contributed by atoms with Crippen molar-refractivity contribution in [3.8, 4) is 0 Å². The third-order valence-corrected chi connectivity index (χ3v) is 8.17. The molecule has 0 saturated carbocycles. The molecule has 144 valence electrons. The molecule has 2 unspecified atom stereocenters. The van der Waals surface area contributed by atoms with Gasteiger partial charge in [0, 0.05) is 23.1 Å². The molecule has 0 spiro atoms. The van der Waals surface area contributed by atoms with Gasteiger partial charge in [-0.2, -0.15) is 4.31 Å². The van der Waals surface area contributed by atoms with E-state index in [1.807, 2.05) is 6.07 Å². The van der Waals surface area contributed by atoms with Crippen molar-refractivity contribution in [2.45, 2.75) is 49.1 Å². The third kappa shape index (κ3) is 3.99. The van der Waals surface area contributed by atoms with Crippen LogP contribution in [-0.4, -0.2) is 31.9 Å². The molecule has 2 heterocycles. The van der Waals surface area contributed by atoms with Crippen molar-refractivity contribution in [1.82, 2.24) is 9.62 Å². The van der Waals surface area contributed by atoms with Crippen molar-refractivity contribution < 1.29 is 8.42 Å². The van der Waals surface area contributed by atoms with E-state index < -0.39 is 10.0 Å². The molecule has 2 aromatic rings. The standard InChI is InChI=1S/C21H25BrN2O2S/c22-17-6-3-8-19(15-17)27(25,26)24-14-4-7-18(24)10-11-21-20-9-2-1-5-16(20)12-13-23-21/h1-3,5-6,8-9,15,18,21,23H,4,7,10-14H2. The minimum atomic E-state index is -3.44. The lowest BCUT2D eigenvalue weighted by molar-refractivity contribution is 0.340. The first-order chi connectivity index (χ1) is 13.1. The van der Waals surface area contributed by atoms with Gasteiger partial charge >= 0.3 is 0 Å². The highest BCUT2D eigenvalue weighted by Gasteiger charge is 2.35. The minimum Gasteiger partial charge on any atom is -0.310 e. The quantitative estimate of drug-likeness (QED) is 0.742. The predicted molar refractivity (Wildman–Crippen MR) is 111 cm³/mol. The smallest absolute Gasteiger partial charge is 0.243 e. The summed E-state index contributed by atoms with van der Waals surface area (Å²) in [4.78, 5) is 0.380. The second kappa shape index (κ2) is 8.03. The number of halogens is 1. The Bertz CT molecular complexity index is 916. The normalized spacial score (nSPS) is 23.3. The summed E-state index contributed by atoms with van der Waals surface area (Å²) in [7, 11) is -3.44. The number of hydrogen-bond donors (Lipinski definition) is 1. The molecule has 1 saturated heterocycles. The van der Waals surface area contributed by atoms with Crippen LogP contribution in [0.3, 0.4) is 0 Å². The molecule has 2 aliphatic rings. The Morgan fingerprint density at radius 2 is 1.96 bits per heavy atom. The Hall–Kier alpha value is -1.21. The van der Waals surface area contributed by atoms with Crippen LogP contribution in [-0.2, 0) is 16.4 Å². The van der Waals surface area contributed by atoms with Gasteiger partial charge in [-0.05, 0) is 68.0 Å². The number of hydrogen-bond acceptors (Lipinski definition) is 3. The first-order valence-electron chi connectivity index (χ1n) is 9.64. The van der Waals surface area contributed by atoms with Crippen molar-refractivity contribution in [1.29, 1.82) is 0 Å². The molecule has 2 atom stereocenters. The highest BCUT2D eigenvalue weighted by atomic mass is 79.9. The molecule has 4 rings (SSSR count). The van der Waals surface area contributed by atoms with Crippen LogP contribution in [0, 0.1) is 0 Å². The van der Waals surface area contributed by atoms with Crippen LogP contribution in [0.5, 0.6) is 0 Å². The molecule has 1 fully saturated rings. The summed E-state index contributed by atoms with van der Waals surface area (Å²) in [5.74, 6) is 0. The van der Waals surface area contributed by atoms with Gasteiger partial charge in [0.25, 0.3) is 0 Å². The highest BCUT2D eigenvalue weighted by molar-refractivity contribution is 9.10. The van der Waals surface area contributed by atoms with Crippen LogP contribution >= 0.6 is 15.9 Å². The maximum Gasteiger partial charge on any atom is 0.243 e. The number of nitrogens with zero attached hydrogens (tertiary/aromatic N) is 1. The fourth-order valence-corrected chi connectivity index (χ4v) is 6.71. The van der Waals surface area contributed by atoms with E-state index in [0.717, 1.165) is 43.1 Å². The van der Waals surface area contributed by atoms with E-state index in [9.17, 15) is 8.42 Å². The topological polar surface area (TPSA) is 49.4 Å². The molecule has 0 radical (unpaired) electrons. The van der Waals surface area contributed by atoms with E-state index in [1.165, 1.54) is 11.1 Å². The van der Waals surface area contributed by atoms with Crippen LogP contribution in [0.15, 0.2) is 57.9 Å². The summed E-state index contributed by atoms with van der Waals surface area (Å²) in [6, 6.07) is 16.0. The average Bonchev–Trinajstić information content (AvgIpc) is 3.16. The minimum absolute atomic E-state index is 0.0878. The van der Waals surface area contributed by atoms with E-state index >= 15 is 0 Å². The molecule has 4 nitrogen and oxygen atoms in total. The van der Waals surface area contributed by atoms with E-state index in [2.05, 4.69) is 45.5 Å². The van der Waals surface area contributed by atoms with Gasteiger partial charge in [0.2, 0.25) is 10.0 Å². The summed E-state index contributed by atoms with van der Waals surface area (Å²) in [5, 5.41) is 3.62. The van der Waals surface area contributed by atoms with E-state index in [4.69, 9.17) is 0 Å². The summed E-state index contributed by atoms with van der Waals surface area (Å²) in [6.45, 7) is 1.61. The second-order valence-corrected chi connectivity index (χ2v) is 10.2. The molecule has 2 aromatic carbocycles. The zero-order valence-corrected chi connectivity index (χ0v) is 17.7. The summed E-state index contributed by atoms with van der Waals surface area (Å²) in [6.07, 6.45) is 4.80. The fraction of sp³-hybridized carbons (Fsp3) is 0.429. The van der Waals surface area contributed by atoms with Crippen molar-refractivity contribution >= 4 is 26.0 Å². The Labute approximate surface area is 170 Å². The predicted octanol–water partition coefficient (Wildman–Crippen LogP) is 4.27. The molecule has 27 heavy (non-hydrogen) atoms. The lowest BCUT2D eigenvalue weighted by Crippen LogP contribution is -2.37. The Morgan fingerprint density at radius 1 is 1.11 bits per heavy atom. The lowest BCUT2D eigenvalue weighted by Gasteiger charge is -2.30. The largest absolute Gasteiger partial charge is 0.310 e. The van der Waals surface area contributed by atoms with Crippen LogP contribution in [0.1, 0.15) is 42.9 Å². The van der Waals surface area contributed by atoms with Gasteiger partial charge in [-0.15, -0.1) is 0 Å². The molecular formula is C21H25BrN2O2S. The Balaban J connectivity index is 1.48. The first-order valence-corrected chi connectivity index (χ1v) is 11.9. The number of nitrogens with one attached hydrogen (secondary N) is 1. The van der Waals surface area contributed by atoms with Gasteiger partial charge in [0.15, 0.2) is 0 Å². The zero-order chi connectivity index (χ0) is 18.9.